The van der Waals surface area contributed by atoms with Gasteiger partial charge in [-0.1, -0.05) is 164 Å². The molecule has 2 aromatic heterocycles. The van der Waals surface area contributed by atoms with E-state index in [2.05, 4.69) is 138 Å². The zero-order chi connectivity index (χ0) is 38.4. The van der Waals surface area contributed by atoms with Gasteiger partial charge in [-0.05, 0) is 101 Å². The third-order valence-electron chi connectivity index (χ3n) is 11.2. The van der Waals surface area contributed by atoms with Crippen LogP contribution in [-0.4, -0.2) is 19.9 Å². The Bertz CT molecular complexity index is 3220. The van der Waals surface area contributed by atoms with Crippen molar-refractivity contribution in [1.29, 1.82) is 0 Å². The first-order valence-electron chi connectivity index (χ1n) is 19.5. The molecule has 9 aromatic carbocycles. The van der Waals surface area contributed by atoms with Crippen molar-refractivity contribution in [3.05, 3.63) is 207 Å². The topological polar surface area (TPSA) is 51.6 Å². The molecule has 11 rings (SSSR count). The maximum Gasteiger partial charge on any atom is 0.164 e. The molecule has 2 heterocycles. The lowest BCUT2D eigenvalue weighted by Gasteiger charge is -2.15. The number of rotatable bonds is 6. The average molecular weight is 739 g/mol. The molecule has 4 heteroatoms. The summed E-state index contributed by atoms with van der Waals surface area (Å²) < 4.78 is 0. The summed E-state index contributed by atoms with van der Waals surface area (Å²) in [6, 6.07) is 68.7. The van der Waals surface area contributed by atoms with Gasteiger partial charge in [-0.2, -0.15) is 0 Å². The molecule has 0 saturated carbocycles. The van der Waals surface area contributed by atoms with Crippen molar-refractivity contribution in [2.75, 3.05) is 0 Å². The van der Waals surface area contributed by atoms with Gasteiger partial charge in [0.25, 0.3) is 0 Å². The Labute approximate surface area is 335 Å². The Balaban J connectivity index is 1.12. The predicted octanol–water partition coefficient (Wildman–Crippen LogP) is 13.9. The van der Waals surface area contributed by atoms with E-state index in [4.69, 9.17) is 15.0 Å². The lowest BCUT2D eigenvalue weighted by atomic mass is 9.90. The number of fused-ring (bicyclic) bond motifs is 7. The van der Waals surface area contributed by atoms with Crippen LogP contribution in [0.4, 0.5) is 0 Å². The highest BCUT2D eigenvalue weighted by Crippen LogP contribution is 2.40. The molecule has 0 atom stereocenters. The first-order chi connectivity index (χ1) is 28.7. The summed E-state index contributed by atoms with van der Waals surface area (Å²) in [7, 11) is 0. The van der Waals surface area contributed by atoms with E-state index in [9.17, 15) is 0 Å². The van der Waals surface area contributed by atoms with Crippen molar-refractivity contribution in [2.45, 2.75) is 0 Å². The van der Waals surface area contributed by atoms with Crippen LogP contribution in [0.3, 0.4) is 0 Å². The summed E-state index contributed by atoms with van der Waals surface area (Å²) in [5, 5.41) is 9.80. The van der Waals surface area contributed by atoms with Crippen molar-refractivity contribution < 1.29 is 0 Å². The molecule has 0 bridgehead atoms. The number of hydrogen-bond donors (Lipinski definition) is 0. The minimum Gasteiger partial charge on any atom is -0.264 e. The molecule has 0 aliphatic rings. The van der Waals surface area contributed by atoms with Gasteiger partial charge in [0, 0.05) is 34.5 Å². The Kier molecular flexibility index (Phi) is 8.11. The Morgan fingerprint density at radius 1 is 0.259 bits per heavy atom. The molecule has 0 radical (unpaired) electrons. The second-order valence-electron chi connectivity index (χ2n) is 14.7. The molecule has 0 unspecified atom stereocenters. The molecular formula is C54H34N4. The van der Waals surface area contributed by atoms with Gasteiger partial charge in [-0.3, -0.25) is 4.98 Å². The van der Waals surface area contributed by atoms with Crippen LogP contribution in [0.25, 0.3) is 111 Å². The van der Waals surface area contributed by atoms with Gasteiger partial charge in [0.1, 0.15) is 0 Å². The third-order valence-corrected chi connectivity index (χ3v) is 11.2. The first kappa shape index (κ1) is 33.5. The van der Waals surface area contributed by atoms with E-state index in [1.165, 1.54) is 37.7 Å². The number of nitrogens with zero attached hydrogens (tertiary/aromatic N) is 4. The SMILES string of the molecule is c1ccc(-c2nc(-c3ccccc3)nc(-c3cc(-c4ccc(-c5cccc6ccncc56)cc4)cc(-c4ccc5c6ccccc6c6ccccc6c5c4)c3)n2)cc1. The van der Waals surface area contributed by atoms with Gasteiger partial charge in [0.05, 0.1) is 0 Å². The highest BCUT2D eigenvalue weighted by molar-refractivity contribution is 6.25. The largest absolute Gasteiger partial charge is 0.264 e. The van der Waals surface area contributed by atoms with Crippen LogP contribution in [0, 0.1) is 0 Å². The van der Waals surface area contributed by atoms with Crippen molar-refractivity contribution in [2.24, 2.45) is 0 Å². The third kappa shape index (κ3) is 5.96. The van der Waals surface area contributed by atoms with Gasteiger partial charge in [0.15, 0.2) is 17.5 Å². The van der Waals surface area contributed by atoms with E-state index in [1.54, 1.807) is 0 Å². The van der Waals surface area contributed by atoms with Gasteiger partial charge in [-0.15, -0.1) is 0 Å². The molecule has 11 aromatic rings. The molecule has 0 fully saturated rings. The normalized spacial score (nSPS) is 11.4. The van der Waals surface area contributed by atoms with Crippen molar-refractivity contribution in [3.8, 4) is 67.5 Å². The van der Waals surface area contributed by atoms with Crippen LogP contribution in [0.15, 0.2) is 207 Å². The van der Waals surface area contributed by atoms with E-state index < -0.39 is 0 Å². The molecule has 0 aliphatic heterocycles. The summed E-state index contributed by atoms with van der Waals surface area (Å²) in [5.41, 5.74) is 9.47. The van der Waals surface area contributed by atoms with E-state index in [-0.39, 0.29) is 0 Å². The molecule has 0 saturated heterocycles. The van der Waals surface area contributed by atoms with Crippen molar-refractivity contribution in [1.82, 2.24) is 19.9 Å². The van der Waals surface area contributed by atoms with Crippen LogP contribution < -0.4 is 0 Å². The number of pyridine rings is 1. The Morgan fingerprint density at radius 3 is 1.36 bits per heavy atom. The molecule has 270 valence electrons. The van der Waals surface area contributed by atoms with Gasteiger partial charge >= 0.3 is 0 Å². The minimum atomic E-state index is 0.618. The van der Waals surface area contributed by atoms with Gasteiger partial charge in [0.2, 0.25) is 0 Å². The monoisotopic (exact) mass is 738 g/mol. The standard InChI is InChI=1S/C54H34N4/c1-3-12-38(13-4-1)52-56-53(39-14-5-2-6-15-39)58-54(57-52)43-31-41(35-22-24-37(25-23-35)44-21-11-16-36-28-29-55-34-51(36)44)30-42(32-43)40-26-27-49-47-19-8-7-17-45(47)46-18-9-10-20-48(46)50(49)33-40/h1-34H. The first-order valence-corrected chi connectivity index (χ1v) is 19.5. The lowest BCUT2D eigenvalue weighted by molar-refractivity contribution is 1.07. The fourth-order valence-corrected chi connectivity index (χ4v) is 8.32. The molecule has 0 amide bonds. The summed E-state index contributed by atoms with van der Waals surface area (Å²) >= 11 is 0. The van der Waals surface area contributed by atoms with E-state index in [1.807, 2.05) is 73.1 Å². The van der Waals surface area contributed by atoms with Gasteiger partial charge < -0.3 is 0 Å². The zero-order valence-electron chi connectivity index (χ0n) is 31.4. The fraction of sp³-hybridized carbons (Fsp3) is 0. The number of hydrogen-bond acceptors (Lipinski definition) is 4. The molecule has 4 nitrogen and oxygen atoms in total. The maximum atomic E-state index is 5.15. The van der Waals surface area contributed by atoms with Crippen LogP contribution >= 0.6 is 0 Å². The molecule has 58 heavy (non-hydrogen) atoms. The van der Waals surface area contributed by atoms with Crippen molar-refractivity contribution in [3.63, 3.8) is 0 Å². The number of aromatic nitrogens is 4. The van der Waals surface area contributed by atoms with E-state index in [0.717, 1.165) is 55.5 Å². The number of benzene rings is 9. The maximum absolute atomic E-state index is 5.15. The Hall–Kier alpha value is -7.82. The smallest absolute Gasteiger partial charge is 0.164 e. The lowest BCUT2D eigenvalue weighted by Crippen LogP contribution is -2.00. The van der Waals surface area contributed by atoms with Crippen LogP contribution in [0.5, 0.6) is 0 Å². The average Bonchev–Trinajstić information content (AvgIpc) is 3.31. The van der Waals surface area contributed by atoms with E-state index in [0.29, 0.717) is 17.5 Å². The Morgan fingerprint density at radius 2 is 0.741 bits per heavy atom. The molecule has 0 aliphatic carbocycles. The second kappa shape index (κ2) is 14.0. The van der Waals surface area contributed by atoms with E-state index >= 15 is 0 Å². The van der Waals surface area contributed by atoms with Crippen LogP contribution in [0.1, 0.15) is 0 Å². The highest BCUT2D eigenvalue weighted by Gasteiger charge is 2.16. The van der Waals surface area contributed by atoms with Gasteiger partial charge in [-0.25, -0.2) is 15.0 Å². The quantitative estimate of drug-likeness (QED) is 0.159. The highest BCUT2D eigenvalue weighted by atomic mass is 15.0. The zero-order valence-corrected chi connectivity index (χ0v) is 31.4. The summed E-state index contributed by atoms with van der Waals surface area (Å²) in [4.78, 5) is 19.7. The molecule has 0 N–H and O–H groups in total. The second-order valence-corrected chi connectivity index (χ2v) is 14.7. The molecule has 0 spiro atoms. The summed E-state index contributed by atoms with van der Waals surface area (Å²) in [5.74, 6) is 1.89. The minimum absolute atomic E-state index is 0.618. The van der Waals surface area contributed by atoms with Crippen molar-refractivity contribution >= 4 is 43.1 Å². The molecular weight excluding hydrogens is 705 g/mol. The fourth-order valence-electron chi connectivity index (χ4n) is 8.32. The van der Waals surface area contributed by atoms with Crippen LogP contribution in [0.2, 0.25) is 0 Å². The van der Waals surface area contributed by atoms with Crippen LogP contribution in [-0.2, 0) is 0 Å². The predicted molar refractivity (Wildman–Crippen MR) is 240 cm³/mol. The summed E-state index contributed by atoms with van der Waals surface area (Å²) in [6.07, 6.45) is 3.80. The summed E-state index contributed by atoms with van der Waals surface area (Å²) in [6.45, 7) is 0.